The molecule has 0 aliphatic heterocycles. The molecule has 0 spiro atoms. The number of aryl methyl sites for hydroxylation is 1. The monoisotopic (exact) mass is 514 g/mol. The summed E-state index contributed by atoms with van der Waals surface area (Å²) >= 11 is 3.42. The summed E-state index contributed by atoms with van der Waals surface area (Å²) in [5, 5.41) is 0. The fraction of sp³-hybridized carbons (Fsp3) is 0.333. The number of nitrogens with zero attached hydrogens (tertiary/aromatic N) is 6. The van der Waals surface area contributed by atoms with Crippen LogP contribution in [0.2, 0.25) is 0 Å². The van der Waals surface area contributed by atoms with Crippen molar-refractivity contribution >= 4 is 27.2 Å². The van der Waals surface area contributed by atoms with Gasteiger partial charge in [0.15, 0.2) is 11.3 Å². The van der Waals surface area contributed by atoms with E-state index in [9.17, 15) is 0 Å². The van der Waals surface area contributed by atoms with Crippen LogP contribution in [0.5, 0.6) is 0 Å². The van der Waals surface area contributed by atoms with E-state index >= 15 is 0 Å². The average Bonchev–Trinajstić information content (AvgIpc) is 3.72. The van der Waals surface area contributed by atoms with E-state index in [1.807, 2.05) is 35.4 Å². The molecule has 4 heterocycles. The van der Waals surface area contributed by atoms with Crippen molar-refractivity contribution in [3.63, 3.8) is 0 Å². The lowest BCUT2D eigenvalue weighted by atomic mass is 10.1. The summed E-state index contributed by atoms with van der Waals surface area (Å²) in [5.41, 5.74) is 7.74. The molecule has 0 bridgehead atoms. The van der Waals surface area contributed by atoms with Gasteiger partial charge in [-0.2, -0.15) is 0 Å². The lowest BCUT2D eigenvalue weighted by Crippen LogP contribution is -2.00. The van der Waals surface area contributed by atoms with Crippen LogP contribution < -0.4 is 0 Å². The maximum Gasteiger partial charge on any atom is 0.158 e. The molecule has 0 N–H and O–H groups in total. The lowest BCUT2D eigenvalue weighted by Gasteiger charge is -2.08. The van der Waals surface area contributed by atoms with Crippen LogP contribution in [0.4, 0.5) is 0 Å². The SMILES string of the molecule is Brc1cn2ccnc2c(CC2CC2)n1.Cc1cccc(-c2cn3ccnc3c(CC3CC3)n2)c1. The van der Waals surface area contributed by atoms with Crippen molar-refractivity contribution in [2.75, 3.05) is 0 Å². The van der Waals surface area contributed by atoms with Gasteiger partial charge in [-0.25, -0.2) is 19.9 Å². The Morgan fingerprint density at radius 3 is 2.09 bits per heavy atom. The first-order valence-electron chi connectivity index (χ1n) is 12.0. The highest BCUT2D eigenvalue weighted by atomic mass is 79.9. The quantitative estimate of drug-likeness (QED) is 0.284. The number of imidazole rings is 2. The van der Waals surface area contributed by atoms with Gasteiger partial charge in [-0.3, -0.25) is 0 Å². The van der Waals surface area contributed by atoms with Crippen LogP contribution in [-0.2, 0) is 12.8 Å². The molecule has 2 aliphatic carbocycles. The minimum absolute atomic E-state index is 0.816. The van der Waals surface area contributed by atoms with Crippen LogP contribution in [-0.4, -0.2) is 28.7 Å². The van der Waals surface area contributed by atoms with Gasteiger partial charge in [0.1, 0.15) is 4.60 Å². The molecule has 2 aliphatic rings. The zero-order valence-corrected chi connectivity index (χ0v) is 20.8. The molecule has 0 radical (unpaired) electrons. The predicted molar refractivity (Wildman–Crippen MR) is 137 cm³/mol. The molecule has 5 aromatic rings. The summed E-state index contributed by atoms with van der Waals surface area (Å²) < 4.78 is 5.01. The van der Waals surface area contributed by atoms with Crippen molar-refractivity contribution in [3.8, 4) is 11.3 Å². The van der Waals surface area contributed by atoms with E-state index in [1.165, 1.54) is 36.8 Å². The molecule has 7 rings (SSSR count). The number of benzene rings is 1. The van der Waals surface area contributed by atoms with Crippen molar-refractivity contribution in [2.45, 2.75) is 45.4 Å². The molecular weight excluding hydrogens is 488 g/mol. The van der Waals surface area contributed by atoms with E-state index in [2.05, 4.69) is 72.7 Å². The van der Waals surface area contributed by atoms with Crippen LogP contribution in [0.3, 0.4) is 0 Å². The average molecular weight is 515 g/mol. The van der Waals surface area contributed by atoms with E-state index in [1.54, 1.807) is 0 Å². The van der Waals surface area contributed by atoms with Crippen molar-refractivity contribution in [1.82, 2.24) is 28.7 Å². The van der Waals surface area contributed by atoms with Crippen LogP contribution in [0.25, 0.3) is 22.6 Å². The van der Waals surface area contributed by atoms with E-state index in [0.29, 0.717) is 0 Å². The van der Waals surface area contributed by atoms with Crippen LogP contribution >= 0.6 is 15.9 Å². The van der Waals surface area contributed by atoms with E-state index < -0.39 is 0 Å². The first kappa shape index (κ1) is 21.5. The third-order valence-electron chi connectivity index (χ3n) is 6.53. The van der Waals surface area contributed by atoms with Gasteiger partial charge in [0, 0.05) is 42.7 Å². The zero-order chi connectivity index (χ0) is 23.1. The van der Waals surface area contributed by atoms with Crippen LogP contribution in [0.15, 0.2) is 66.0 Å². The molecular formula is C27H27BrN6. The number of hydrogen-bond acceptors (Lipinski definition) is 4. The second-order valence-electron chi connectivity index (χ2n) is 9.56. The Hall–Kier alpha value is -3.06. The molecule has 0 saturated heterocycles. The summed E-state index contributed by atoms with van der Waals surface area (Å²) in [6.45, 7) is 2.12. The largest absolute Gasteiger partial charge is 0.303 e. The smallest absolute Gasteiger partial charge is 0.158 e. The number of aromatic nitrogens is 6. The fourth-order valence-electron chi connectivity index (χ4n) is 4.37. The highest BCUT2D eigenvalue weighted by Gasteiger charge is 2.25. The van der Waals surface area contributed by atoms with Crippen LogP contribution in [0, 0.1) is 18.8 Å². The minimum Gasteiger partial charge on any atom is -0.303 e. The third-order valence-corrected chi connectivity index (χ3v) is 6.91. The maximum atomic E-state index is 4.88. The molecule has 0 unspecified atom stereocenters. The Morgan fingerprint density at radius 1 is 0.853 bits per heavy atom. The Labute approximate surface area is 207 Å². The summed E-state index contributed by atoms with van der Waals surface area (Å²) in [6.07, 6.45) is 19.2. The Balaban J connectivity index is 0.000000136. The molecule has 2 fully saturated rings. The molecule has 2 saturated carbocycles. The lowest BCUT2D eigenvalue weighted by molar-refractivity contribution is 0.797. The minimum atomic E-state index is 0.816. The Morgan fingerprint density at radius 2 is 1.47 bits per heavy atom. The van der Waals surface area contributed by atoms with Gasteiger partial charge in [0.25, 0.3) is 0 Å². The molecule has 1 aromatic carbocycles. The van der Waals surface area contributed by atoms with Gasteiger partial charge >= 0.3 is 0 Å². The molecule has 0 amide bonds. The standard InChI is InChI=1S/C17H17N3.C10H10BrN3/c1-12-3-2-4-14(9-12)16-11-20-8-7-18-17(20)15(19-16)10-13-5-6-13;11-9-6-14-4-3-12-10(14)8(13-9)5-7-1-2-7/h2-4,7-9,11,13H,5-6,10H2,1H3;3-4,6-7H,1-2,5H2. The first-order chi connectivity index (χ1) is 16.6. The molecule has 6 nitrogen and oxygen atoms in total. The normalized spacial score (nSPS) is 15.5. The number of halogens is 1. The Bertz CT molecular complexity index is 1460. The summed E-state index contributed by atoms with van der Waals surface area (Å²) in [6, 6.07) is 8.51. The molecule has 0 atom stereocenters. The zero-order valence-electron chi connectivity index (χ0n) is 19.2. The maximum absolute atomic E-state index is 4.88. The van der Waals surface area contributed by atoms with Gasteiger partial charge in [-0.1, -0.05) is 23.8 Å². The highest BCUT2D eigenvalue weighted by Crippen LogP contribution is 2.34. The topological polar surface area (TPSA) is 60.4 Å². The molecule has 34 heavy (non-hydrogen) atoms. The van der Waals surface area contributed by atoms with Crippen molar-refractivity contribution in [1.29, 1.82) is 0 Å². The first-order valence-corrected chi connectivity index (χ1v) is 12.8. The van der Waals surface area contributed by atoms with Crippen molar-refractivity contribution in [3.05, 3.63) is 83.0 Å². The summed E-state index contributed by atoms with van der Waals surface area (Å²) in [5.74, 6) is 1.66. The molecule has 4 aromatic heterocycles. The molecule has 7 heteroatoms. The number of fused-ring (bicyclic) bond motifs is 2. The van der Waals surface area contributed by atoms with Gasteiger partial charge in [-0.15, -0.1) is 0 Å². The van der Waals surface area contributed by atoms with Crippen molar-refractivity contribution < 1.29 is 0 Å². The van der Waals surface area contributed by atoms with Crippen molar-refractivity contribution in [2.24, 2.45) is 11.8 Å². The second-order valence-corrected chi connectivity index (χ2v) is 10.4. The number of rotatable bonds is 5. The van der Waals surface area contributed by atoms with Crippen LogP contribution in [0.1, 0.15) is 42.6 Å². The van der Waals surface area contributed by atoms with Gasteiger partial charge in [0.05, 0.1) is 17.1 Å². The van der Waals surface area contributed by atoms with E-state index in [0.717, 1.165) is 57.7 Å². The summed E-state index contributed by atoms with van der Waals surface area (Å²) in [4.78, 5) is 18.1. The second kappa shape index (κ2) is 8.95. The highest BCUT2D eigenvalue weighted by molar-refractivity contribution is 9.10. The third kappa shape index (κ3) is 4.75. The molecule has 172 valence electrons. The van der Waals surface area contributed by atoms with E-state index in [-0.39, 0.29) is 0 Å². The summed E-state index contributed by atoms with van der Waals surface area (Å²) in [7, 11) is 0. The predicted octanol–water partition coefficient (Wildman–Crippen LogP) is 6.10. The van der Waals surface area contributed by atoms with Gasteiger partial charge in [-0.05, 0) is 79.3 Å². The fourth-order valence-corrected chi connectivity index (χ4v) is 4.80. The van der Waals surface area contributed by atoms with E-state index in [4.69, 9.17) is 4.98 Å². The van der Waals surface area contributed by atoms with Gasteiger partial charge in [0.2, 0.25) is 0 Å². The van der Waals surface area contributed by atoms with Gasteiger partial charge < -0.3 is 8.80 Å². The Kier molecular flexibility index (Phi) is 5.65. The number of hydrogen-bond donors (Lipinski definition) is 0.